The molecule has 1 aliphatic rings. The highest BCUT2D eigenvalue weighted by molar-refractivity contribution is 5.98. The summed E-state index contributed by atoms with van der Waals surface area (Å²) in [7, 11) is 0. The minimum Gasteiger partial charge on any atom is -0.454 e. The van der Waals surface area contributed by atoms with Crippen LogP contribution in [0.1, 0.15) is 25.3 Å². The van der Waals surface area contributed by atoms with Crippen LogP contribution in [0.25, 0.3) is 22.3 Å². The third kappa shape index (κ3) is 4.29. The van der Waals surface area contributed by atoms with Crippen molar-refractivity contribution < 1.29 is 18.3 Å². The molecule has 4 aromatic rings. The van der Waals surface area contributed by atoms with Gasteiger partial charge in [-0.15, -0.1) is 0 Å². The first-order valence-corrected chi connectivity index (χ1v) is 11.3. The van der Waals surface area contributed by atoms with Crippen LogP contribution in [0.2, 0.25) is 0 Å². The zero-order chi connectivity index (χ0) is 25.2. The summed E-state index contributed by atoms with van der Waals surface area (Å²) < 4.78 is 35.1. The van der Waals surface area contributed by atoms with E-state index in [9.17, 15) is 13.6 Å². The number of benzene rings is 2. The molecule has 36 heavy (non-hydrogen) atoms. The standard InChI is InChI=1S/C25H21F2N7O2/c26-18-7-2-8-19(22(18)27)36-17-6-1-4-15(12-17)23-21-24(29)30-14-31-25(21)34(32-23)16-5-3-11-33(13-16)20(35)9-10-28/h1-2,4,6-8,12,14,16H,3,5,9,11,13H2,(H2,29,30,31)/t16-/m1/s1. The molecule has 1 fully saturated rings. The number of nitrogens with zero attached hydrogens (tertiary/aromatic N) is 6. The average molecular weight is 489 g/mol. The maximum Gasteiger partial charge on any atom is 0.236 e. The molecule has 0 aliphatic carbocycles. The molecule has 1 atom stereocenters. The van der Waals surface area contributed by atoms with Crippen molar-refractivity contribution in [1.29, 1.82) is 5.26 Å². The lowest BCUT2D eigenvalue weighted by Gasteiger charge is -2.32. The molecular formula is C25H21F2N7O2. The molecule has 1 amide bonds. The van der Waals surface area contributed by atoms with Gasteiger partial charge in [-0.05, 0) is 37.1 Å². The van der Waals surface area contributed by atoms with E-state index in [0.717, 1.165) is 18.9 Å². The number of likely N-dealkylation sites (tertiary alicyclic amines) is 1. The number of ether oxygens (including phenoxy) is 1. The zero-order valence-electron chi connectivity index (χ0n) is 19.1. The minimum absolute atomic E-state index is 0.173. The van der Waals surface area contributed by atoms with Gasteiger partial charge in [0, 0.05) is 18.7 Å². The summed E-state index contributed by atoms with van der Waals surface area (Å²) in [5, 5.41) is 14.2. The van der Waals surface area contributed by atoms with E-state index in [4.69, 9.17) is 20.8 Å². The Morgan fingerprint density at radius 2 is 2.06 bits per heavy atom. The molecule has 1 saturated heterocycles. The van der Waals surface area contributed by atoms with Crippen LogP contribution in [0.5, 0.6) is 11.5 Å². The van der Waals surface area contributed by atoms with E-state index < -0.39 is 11.6 Å². The molecule has 0 radical (unpaired) electrons. The fourth-order valence-corrected chi connectivity index (χ4v) is 4.41. The summed E-state index contributed by atoms with van der Waals surface area (Å²) in [6.07, 6.45) is 2.69. The number of fused-ring (bicyclic) bond motifs is 1. The van der Waals surface area contributed by atoms with Crippen molar-refractivity contribution in [3.63, 3.8) is 0 Å². The van der Waals surface area contributed by atoms with Crippen molar-refractivity contribution in [3.05, 3.63) is 60.4 Å². The van der Waals surface area contributed by atoms with Crippen LogP contribution in [0.3, 0.4) is 0 Å². The molecule has 5 rings (SSSR count). The first kappa shape index (κ1) is 23.2. The summed E-state index contributed by atoms with van der Waals surface area (Å²) >= 11 is 0. The van der Waals surface area contributed by atoms with Crippen LogP contribution in [0, 0.1) is 23.0 Å². The van der Waals surface area contributed by atoms with E-state index in [0.29, 0.717) is 35.4 Å². The highest BCUT2D eigenvalue weighted by atomic mass is 19.2. The number of carbonyl (C=O) groups is 1. The molecule has 0 spiro atoms. The molecule has 2 aromatic carbocycles. The molecular weight excluding hydrogens is 468 g/mol. The Balaban J connectivity index is 1.53. The van der Waals surface area contributed by atoms with Crippen LogP contribution >= 0.6 is 0 Å². The van der Waals surface area contributed by atoms with Gasteiger partial charge in [0.15, 0.2) is 17.2 Å². The Labute approximate surface area is 204 Å². The SMILES string of the molecule is N#CCC(=O)N1CCC[C@@H](n2nc(-c3cccc(Oc4cccc(F)c4F)c3)c3c(N)ncnc32)C1. The number of anilines is 1. The minimum atomic E-state index is -1.08. The van der Waals surface area contributed by atoms with Crippen molar-refractivity contribution in [2.75, 3.05) is 18.8 Å². The Kier molecular flexibility index (Phi) is 6.16. The molecule has 182 valence electrons. The molecule has 0 unspecified atom stereocenters. The molecule has 3 heterocycles. The number of nitrogens with two attached hydrogens (primary N) is 1. The number of carbonyl (C=O) groups excluding carboxylic acids is 1. The molecule has 2 aromatic heterocycles. The number of piperidine rings is 1. The average Bonchev–Trinajstić information content (AvgIpc) is 3.28. The summed E-state index contributed by atoms with van der Waals surface area (Å²) in [5.41, 5.74) is 7.84. The van der Waals surface area contributed by atoms with E-state index in [2.05, 4.69) is 9.97 Å². The quantitative estimate of drug-likeness (QED) is 0.445. The lowest BCUT2D eigenvalue weighted by molar-refractivity contribution is -0.131. The fraction of sp³-hybridized carbons (Fsp3) is 0.240. The van der Waals surface area contributed by atoms with Gasteiger partial charge in [-0.3, -0.25) is 4.79 Å². The number of nitriles is 1. The van der Waals surface area contributed by atoms with Gasteiger partial charge in [0.25, 0.3) is 0 Å². The summed E-state index contributed by atoms with van der Waals surface area (Å²) in [4.78, 5) is 22.5. The maximum atomic E-state index is 14.1. The van der Waals surface area contributed by atoms with E-state index in [1.807, 2.05) is 6.07 Å². The van der Waals surface area contributed by atoms with Crippen LogP contribution in [-0.2, 0) is 4.79 Å². The summed E-state index contributed by atoms with van der Waals surface area (Å²) in [6, 6.07) is 12.2. The summed E-state index contributed by atoms with van der Waals surface area (Å²) in [5.74, 6) is -2.04. The highest BCUT2D eigenvalue weighted by Crippen LogP contribution is 2.36. The van der Waals surface area contributed by atoms with E-state index >= 15 is 0 Å². The first-order chi connectivity index (χ1) is 17.5. The lowest BCUT2D eigenvalue weighted by atomic mass is 10.1. The number of halogens is 2. The van der Waals surface area contributed by atoms with Crippen molar-refractivity contribution in [2.45, 2.75) is 25.3 Å². The Bertz CT molecular complexity index is 1500. The number of amides is 1. The summed E-state index contributed by atoms with van der Waals surface area (Å²) in [6.45, 7) is 0.971. The molecule has 2 N–H and O–H groups in total. The molecule has 1 aliphatic heterocycles. The Hall–Kier alpha value is -4.59. The topological polar surface area (TPSA) is 123 Å². The molecule has 0 saturated carbocycles. The van der Waals surface area contributed by atoms with Crippen LogP contribution < -0.4 is 10.5 Å². The van der Waals surface area contributed by atoms with Gasteiger partial charge in [-0.1, -0.05) is 18.2 Å². The van der Waals surface area contributed by atoms with Crippen molar-refractivity contribution in [1.82, 2.24) is 24.6 Å². The second-order valence-electron chi connectivity index (χ2n) is 8.40. The fourth-order valence-electron chi connectivity index (χ4n) is 4.41. The predicted molar refractivity (Wildman–Crippen MR) is 127 cm³/mol. The zero-order valence-corrected chi connectivity index (χ0v) is 19.1. The number of rotatable bonds is 5. The van der Waals surface area contributed by atoms with Crippen molar-refractivity contribution in [2.24, 2.45) is 0 Å². The van der Waals surface area contributed by atoms with Crippen molar-refractivity contribution >= 4 is 22.8 Å². The largest absolute Gasteiger partial charge is 0.454 e. The van der Waals surface area contributed by atoms with E-state index in [-0.39, 0.29) is 35.7 Å². The van der Waals surface area contributed by atoms with Crippen LogP contribution in [0.4, 0.5) is 14.6 Å². The Morgan fingerprint density at radius 3 is 2.89 bits per heavy atom. The van der Waals surface area contributed by atoms with Gasteiger partial charge in [-0.2, -0.15) is 14.8 Å². The highest BCUT2D eigenvalue weighted by Gasteiger charge is 2.28. The third-order valence-electron chi connectivity index (χ3n) is 6.09. The maximum absolute atomic E-state index is 14.1. The van der Waals surface area contributed by atoms with Crippen LogP contribution in [-0.4, -0.2) is 43.6 Å². The van der Waals surface area contributed by atoms with Gasteiger partial charge in [0.2, 0.25) is 11.7 Å². The normalized spacial score (nSPS) is 15.6. The van der Waals surface area contributed by atoms with Crippen molar-refractivity contribution in [3.8, 4) is 28.8 Å². The van der Waals surface area contributed by atoms with Crippen LogP contribution in [0.15, 0.2) is 48.8 Å². The number of nitrogen functional groups attached to an aromatic ring is 1. The molecule has 9 nitrogen and oxygen atoms in total. The monoisotopic (exact) mass is 489 g/mol. The predicted octanol–water partition coefficient (Wildman–Crippen LogP) is 4.22. The number of aromatic nitrogens is 4. The lowest BCUT2D eigenvalue weighted by Crippen LogP contribution is -2.40. The second kappa shape index (κ2) is 9.58. The van der Waals surface area contributed by atoms with E-state index in [1.165, 1.54) is 18.5 Å². The third-order valence-corrected chi connectivity index (χ3v) is 6.09. The number of hydrogen-bond acceptors (Lipinski definition) is 7. The first-order valence-electron chi connectivity index (χ1n) is 11.3. The smallest absolute Gasteiger partial charge is 0.236 e. The molecule has 11 heteroatoms. The molecule has 0 bridgehead atoms. The number of hydrogen-bond donors (Lipinski definition) is 1. The van der Waals surface area contributed by atoms with Gasteiger partial charge < -0.3 is 15.4 Å². The second-order valence-corrected chi connectivity index (χ2v) is 8.40. The van der Waals surface area contributed by atoms with Gasteiger partial charge in [0.05, 0.1) is 17.5 Å². The van der Waals surface area contributed by atoms with Gasteiger partial charge in [-0.25, -0.2) is 19.0 Å². The van der Waals surface area contributed by atoms with E-state index in [1.54, 1.807) is 33.8 Å². The van der Waals surface area contributed by atoms with Gasteiger partial charge in [0.1, 0.15) is 30.0 Å². The van der Waals surface area contributed by atoms with Gasteiger partial charge >= 0.3 is 0 Å². The Morgan fingerprint density at radius 1 is 1.22 bits per heavy atom.